The number of hydrogen-bond donors (Lipinski definition) is 1. The Morgan fingerprint density at radius 1 is 1.25 bits per heavy atom. The van der Waals surface area contributed by atoms with Crippen molar-refractivity contribution in [3.05, 3.63) is 51.8 Å². The van der Waals surface area contributed by atoms with Crippen LogP contribution in [0.2, 0.25) is 10.0 Å². The molecular formula is C27H29Cl2N5O2. The lowest BCUT2D eigenvalue weighted by Crippen LogP contribution is -2.59. The minimum Gasteiger partial charge on any atom is -0.370 e. The maximum absolute atomic E-state index is 12.0. The summed E-state index contributed by atoms with van der Waals surface area (Å²) in [4.78, 5) is 21.3. The molecule has 1 amide bonds. The summed E-state index contributed by atoms with van der Waals surface area (Å²) >= 11 is 13.9. The Bertz CT molecular complexity index is 1420. The van der Waals surface area contributed by atoms with Gasteiger partial charge in [0.25, 0.3) is 0 Å². The third kappa shape index (κ3) is 3.63. The van der Waals surface area contributed by atoms with Crippen LogP contribution in [0, 0.1) is 12.3 Å². The molecule has 2 saturated heterocycles. The zero-order chi connectivity index (χ0) is 25.4. The van der Waals surface area contributed by atoms with Crippen molar-refractivity contribution in [2.75, 3.05) is 31.1 Å². The number of halogens is 2. The molecule has 5 heterocycles. The summed E-state index contributed by atoms with van der Waals surface area (Å²) in [7, 11) is 0. The highest BCUT2D eigenvalue weighted by Crippen LogP contribution is 2.49. The largest absolute Gasteiger partial charge is 0.370 e. The SMILES string of the molecule is C=CC(=O)N1CC2(CCN(c3nc4c(c(-c5c(C)c(Cl)cc6[nH]ncc56)c3Cl)COC(C)(C)C4)C2)C1. The van der Waals surface area contributed by atoms with Gasteiger partial charge in [0.2, 0.25) is 5.91 Å². The molecule has 0 aliphatic carbocycles. The predicted molar refractivity (Wildman–Crippen MR) is 143 cm³/mol. The minimum atomic E-state index is -0.317. The molecule has 36 heavy (non-hydrogen) atoms. The molecule has 3 aliphatic rings. The summed E-state index contributed by atoms with van der Waals surface area (Å²) in [5, 5.41) is 9.57. The van der Waals surface area contributed by atoms with Gasteiger partial charge in [-0.2, -0.15) is 5.10 Å². The lowest BCUT2D eigenvalue weighted by atomic mass is 9.79. The van der Waals surface area contributed by atoms with Crippen LogP contribution in [-0.2, 0) is 22.6 Å². The quantitative estimate of drug-likeness (QED) is 0.468. The third-order valence-corrected chi connectivity index (χ3v) is 8.73. The molecule has 1 N–H and O–H groups in total. The van der Waals surface area contributed by atoms with E-state index in [0.29, 0.717) is 23.1 Å². The van der Waals surface area contributed by atoms with Crippen LogP contribution in [0.25, 0.3) is 22.0 Å². The summed E-state index contributed by atoms with van der Waals surface area (Å²) in [5.74, 6) is 0.790. The van der Waals surface area contributed by atoms with E-state index in [0.717, 1.165) is 77.3 Å². The van der Waals surface area contributed by atoms with Gasteiger partial charge in [-0.3, -0.25) is 9.89 Å². The molecule has 188 valence electrons. The standard InChI is InChI=1S/C27H29Cl2N5O2/c1-5-21(35)34-13-27(14-34)6-7-33(12-27)25-24(29)23(17-11-36-26(3,4)9-20(17)31-25)22-15(2)18(28)8-19-16(22)10-30-32-19/h5,8,10H,1,6-7,9,11-14H2,2-4H3,(H,30,32). The summed E-state index contributed by atoms with van der Waals surface area (Å²) in [6.45, 7) is 13.4. The van der Waals surface area contributed by atoms with Crippen molar-refractivity contribution in [1.29, 1.82) is 0 Å². The van der Waals surface area contributed by atoms with E-state index in [2.05, 4.69) is 35.5 Å². The second-order valence-electron chi connectivity index (χ2n) is 11.0. The molecule has 2 aromatic heterocycles. The van der Waals surface area contributed by atoms with E-state index in [9.17, 15) is 4.79 Å². The molecule has 2 fully saturated rings. The van der Waals surface area contributed by atoms with Gasteiger partial charge in [0.05, 0.1) is 34.6 Å². The monoisotopic (exact) mass is 525 g/mol. The summed E-state index contributed by atoms with van der Waals surface area (Å²) < 4.78 is 6.23. The number of carbonyl (C=O) groups is 1. The van der Waals surface area contributed by atoms with Crippen LogP contribution in [0.15, 0.2) is 24.9 Å². The fraction of sp³-hybridized carbons (Fsp3) is 0.444. The normalized spacial score (nSPS) is 20.0. The maximum Gasteiger partial charge on any atom is 0.245 e. The summed E-state index contributed by atoms with van der Waals surface area (Å²) in [6.07, 6.45) is 4.90. The fourth-order valence-corrected chi connectivity index (χ4v) is 6.61. The van der Waals surface area contributed by atoms with Gasteiger partial charge >= 0.3 is 0 Å². The number of amides is 1. The van der Waals surface area contributed by atoms with E-state index in [1.807, 2.05) is 24.1 Å². The second-order valence-corrected chi connectivity index (χ2v) is 11.8. The topological polar surface area (TPSA) is 74.4 Å². The van der Waals surface area contributed by atoms with Crippen LogP contribution in [-0.4, -0.2) is 57.8 Å². The van der Waals surface area contributed by atoms with Crippen LogP contribution in [0.4, 0.5) is 5.82 Å². The molecule has 3 aliphatic heterocycles. The van der Waals surface area contributed by atoms with E-state index >= 15 is 0 Å². The summed E-state index contributed by atoms with van der Waals surface area (Å²) in [6, 6.07) is 1.90. The van der Waals surface area contributed by atoms with Gasteiger partial charge in [-0.1, -0.05) is 29.8 Å². The van der Waals surface area contributed by atoms with E-state index in [-0.39, 0.29) is 16.9 Å². The molecule has 7 nitrogen and oxygen atoms in total. The zero-order valence-electron chi connectivity index (χ0n) is 20.8. The number of hydrogen-bond acceptors (Lipinski definition) is 5. The van der Waals surface area contributed by atoms with Gasteiger partial charge in [0, 0.05) is 59.6 Å². The van der Waals surface area contributed by atoms with Crippen molar-refractivity contribution in [3.8, 4) is 11.1 Å². The Morgan fingerprint density at radius 3 is 2.78 bits per heavy atom. The highest BCUT2D eigenvalue weighted by Gasteiger charge is 2.49. The second kappa shape index (κ2) is 8.20. The maximum atomic E-state index is 12.0. The number of ether oxygens (including phenoxy) is 1. The average molecular weight is 526 g/mol. The number of nitrogens with one attached hydrogen (secondary N) is 1. The van der Waals surface area contributed by atoms with Gasteiger partial charge in [0.15, 0.2) is 0 Å². The van der Waals surface area contributed by atoms with Crippen molar-refractivity contribution in [2.24, 2.45) is 5.41 Å². The van der Waals surface area contributed by atoms with E-state index in [1.165, 1.54) is 6.08 Å². The Hall–Kier alpha value is -2.61. The molecule has 1 aromatic carbocycles. The van der Waals surface area contributed by atoms with Gasteiger partial charge in [-0.15, -0.1) is 0 Å². The van der Waals surface area contributed by atoms with Crippen LogP contribution < -0.4 is 4.90 Å². The Kier molecular flexibility index (Phi) is 5.41. The van der Waals surface area contributed by atoms with Gasteiger partial charge in [-0.25, -0.2) is 4.98 Å². The van der Waals surface area contributed by atoms with Gasteiger partial charge in [0.1, 0.15) is 5.82 Å². The van der Waals surface area contributed by atoms with E-state index in [1.54, 1.807) is 0 Å². The molecule has 0 saturated carbocycles. The number of benzene rings is 1. The molecular weight excluding hydrogens is 497 g/mol. The zero-order valence-corrected chi connectivity index (χ0v) is 22.3. The Morgan fingerprint density at radius 2 is 2.03 bits per heavy atom. The molecule has 0 bridgehead atoms. The molecule has 1 spiro atoms. The number of carbonyl (C=O) groups excluding carboxylic acids is 1. The van der Waals surface area contributed by atoms with Crippen LogP contribution >= 0.6 is 23.2 Å². The van der Waals surface area contributed by atoms with Crippen molar-refractivity contribution in [1.82, 2.24) is 20.1 Å². The van der Waals surface area contributed by atoms with Crippen molar-refractivity contribution in [2.45, 2.75) is 45.8 Å². The summed E-state index contributed by atoms with van der Waals surface area (Å²) in [5.41, 5.74) is 5.49. The predicted octanol–water partition coefficient (Wildman–Crippen LogP) is 5.32. The number of aromatic amines is 1. The van der Waals surface area contributed by atoms with Crippen LogP contribution in [0.5, 0.6) is 0 Å². The minimum absolute atomic E-state index is 0.00547. The lowest BCUT2D eigenvalue weighted by Gasteiger charge is -2.47. The lowest BCUT2D eigenvalue weighted by molar-refractivity contribution is -0.136. The molecule has 0 radical (unpaired) electrons. The molecule has 6 rings (SSSR count). The Labute approximate surface area is 220 Å². The Balaban J connectivity index is 1.48. The van der Waals surface area contributed by atoms with E-state index < -0.39 is 0 Å². The number of H-pyrrole nitrogens is 1. The van der Waals surface area contributed by atoms with Crippen LogP contribution in [0.3, 0.4) is 0 Å². The van der Waals surface area contributed by atoms with Crippen LogP contribution in [0.1, 0.15) is 37.1 Å². The first-order chi connectivity index (χ1) is 17.1. The molecule has 0 atom stereocenters. The van der Waals surface area contributed by atoms with Gasteiger partial charge in [-0.05, 0) is 50.5 Å². The van der Waals surface area contributed by atoms with E-state index in [4.69, 9.17) is 32.9 Å². The van der Waals surface area contributed by atoms with Crippen molar-refractivity contribution >= 4 is 45.8 Å². The molecule has 9 heteroatoms. The number of aromatic nitrogens is 3. The number of fused-ring (bicyclic) bond motifs is 2. The number of rotatable bonds is 3. The molecule has 0 unspecified atom stereocenters. The smallest absolute Gasteiger partial charge is 0.245 e. The molecule has 3 aromatic rings. The fourth-order valence-electron chi connectivity index (χ4n) is 6.03. The third-order valence-electron chi connectivity index (χ3n) is 7.98. The average Bonchev–Trinajstić information content (AvgIpc) is 3.46. The first-order valence-electron chi connectivity index (χ1n) is 12.3. The first-order valence-corrected chi connectivity index (χ1v) is 13.0. The number of likely N-dealkylation sites (tertiary alicyclic amines) is 1. The number of nitrogens with zero attached hydrogens (tertiary/aromatic N) is 4. The highest BCUT2D eigenvalue weighted by atomic mass is 35.5. The van der Waals surface area contributed by atoms with Crippen molar-refractivity contribution in [3.63, 3.8) is 0 Å². The number of pyridine rings is 1. The highest BCUT2D eigenvalue weighted by molar-refractivity contribution is 6.37. The van der Waals surface area contributed by atoms with Crippen molar-refractivity contribution < 1.29 is 9.53 Å². The van der Waals surface area contributed by atoms with Gasteiger partial charge < -0.3 is 14.5 Å². The number of anilines is 1. The first kappa shape index (κ1) is 23.8.